The maximum Gasteiger partial charge on any atom is 0.0638 e. The van der Waals surface area contributed by atoms with E-state index in [1.165, 1.54) is 12.8 Å². The summed E-state index contributed by atoms with van der Waals surface area (Å²) in [5, 5.41) is 8.43. The fourth-order valence-electron chi connectivity index (χ4n) is 1.40. The molecule has 1 aliphatic heterocycles. The second-order valence-corrected chi connectivity index (χ2v) is 2.82. The lowest BCUT2D eigenvalue weighted by atomic mass is 10.0. The quantitative estimate of drug-likeness (QED) is 0.548. The Bertz CT molecular complexity index is 137. The molecular formula is C8H13N2. The molecule has 55 valence electrons. The summed E-state index contributed by atoms with van der Waals surface area (Å²) in [6.07, 6.45) is 4.30. The molecule has 0 aliphatic carbocycles. The van der Waals surface area contributed by atoms with Crippen molar-refractivity contribution in [2.24, 2.45) is 0 Å². The highest BCUT2D eigenvalue weighted by molar-refractivity contribution is 4.84. The molecule has 10 heavy (non-hydrogen) atoms. The molecule has 2 heteroatoms. The summed E-state index contributed by atoms with van der Waals surface area (Å²) in [7, 11) is 3.88. The first-order chi connectivity index (χ1) is 4.84. The van der Waals surface area contributed by atoms with Gasteiger partial charge in [0.1, 0.15) is 0 Å². The van der Waals surface area contributed by atoms with Gasteiger partial charge in [0.25, 0.3) is 0 Å². The number of piperidine rings is 1. The summed E-state index contributed by atoms with van der Waals surface area (Å²) in [6.45, 7) is 1.06. The zero-order chi connectivity index (χ0) is 7.40. The predicted molar refractivity (Wildman–Crippen MR) is 39.9 cm³/mol. The fourth-order valence-corrected chi connectivity index (χ4v) is 1.40. The Morgan fingerprint density at radius 2 is 2.40 bits per heavy atom. The Hall–Kier alpha value is -0.550. The van der Waals surface area contributed by atoms with Gasteiger partial charge in [-0.15, -0.1) is 0 Å². The van der Waals surface area contributed by atoms with Crippen molar-refractivity contribution in [3.63, 3.8) is 0 Å². The number of hydrogen-bond donors (Lipinski definition) is 0. The van der Waals surface area contributed by atoms with Gasteiger partial charge in [-0.3, -0.25) is 4.90 Å². The summed E-state index contributed by atoms with van der Waals surface area (Å²) in [5.41, 5.74) is 0. The Morgan fingerprint density at radius 3 is 3.00 bits per heavy atom. The summed E-state index contributed by atoms with van der Waals surface area (Å²) in [6, 6.07) is 2.62. The van der Waals surface area contributed by atoms with Crippen LogP contribution in [-0.2, 0) is 0 Å². The Kier molecular flexibility index (Phi) is 2.70. The average Bonchev–Trinajstić information content (AvgIpc) is 1.94. The van der Waals surface area contributed by atoms with Crippen LogP contribution in [0.1, 0.15) is 25.7 Å². The second-order valence-electron chi connectivity index (χ2n) is 2.82. The number of nitriles is 1. The molecule has 0 saturated carbocycles. The van der Waals surface area contributed by atoms with Crippen LogP contribution in [0.2, 0.25) is 0 Å². The SMILES string of the molecule is [CH2]N1CCCCC1CC#N. The van der Waals surface area contributed by atoms with E-state index < -0.39 is 0 Å². The highest BCUT2D eigenvalue weighted by Crippen LogP contribution is 2.17. The van der Waals surface area contributed by atoms with Crippen LogP contribution in [0.4, 0.5) is 0 Å². The van der Waals surface area contributed by atoms with Gasteiger partial charge in [0, 0.05) is 13.1 Å². The second kappa shape index (κ2) is 3.58. The van der Waals surface area contributed by atoms with E-state index in [-0.39, 0.29) is 0 Å². The average molecular weight is 137 g/mol. The maximum absolute atomic E-state index is 8.43. The van der Waals surface area contributed by atoms with Crippen molar-refractivity contribution in [1.29, 1.82) is 5.26 Å². The van der Waals surface area contributed by atoms with Gasteiger partial charge in [-0.05, 0) is 19.4 Å². The Labute approximate surface area is 62.4 Å². The predicted octanol–water partition coefficient (Wildman–Crippen LogP) is 1.55. The number of rotatable bonds is 1. The summed E-state index contributed by atoms with van der Waals surface area (Å²) in [5.74, 6) is 0. The van der Waals surface area contributed by atoms with Crippen molar-refractivity contribution in [2.75, 3.05) is 6.54 Å². The fraction of sp³-hybridized carbons (Fsp3) is 0.750. The van der Waals surface area contributed by atoms with E-state index in [2.05, 4.69) is 13.1 Å². The van der Waals surface area contributed by atoms with Gasteiger partial charge in [-0.1, -0.05) is 6.42 Å². The zero-order valence-electron chi connectivity index (χ0n) is 6.21. The molecule has 1 rings (SSSR count). The lowest BCUT2D eigenvalue weighted by Crippen LogP contribution is -2.34. The van der Waals surface area contributed by atoms with Crippen LogP contribution in [0.25, 0.3) is 0 Å². The molecule has 0 aromatic rings. The van der Waals surface area contributed by atoms with Gasteiger partial charge in [0.15, 0.2) is 0 Å². The molecule has 0 spiro atoms. The molecule has 0 N–H and O–H groups in total. The highest BCUT2D eigenvalue weighted by Gasteiger charge is 2.17. The van der Waals surface area contributed by atoms with E-state index >= 15 is 0 Å². The molecule has 0 bridgehead atoms. The normalized spacial score (nSPS) is 27.8. The molecule has 2 nitrogen and oxygen atoms in total. The number of likely N-dealkylation sites (tertiary alicyclic amines) is 1. The molecule has 1 radical (unpaired) electrons. The monoisotopic (exact) mass is 137 g/mol. The van der Waals surface area contributed by atoms with Crippen molar-refractivity contribution in [3.8, 4) is 6.07 Å². The van der Waals surface area contributed by atoms with Crippen LogP contribution in [-0.4, -0.2) is 17.5 Å². The van der Waals surface area contributed by atoms with Crippen LogP contribution in [0, 0.1) is 18.4 Å². The molecule has 1 atom stereocenters. The molecule has 1 unspecified atom stereocenters. The molecule has 1 aliphatic rings. The maximum atomic E-state index is 8.43. The first kappa shape index (κ1) is 7.56. The largest absolute Gasteiger partial charge is 0.298 e. The lowest BCUT2D eigenvalue weighted by molar-refractivity contribution is 0.212. The van der Waals surface area contributed by atoms with Crippen molar-refractivity contribution >= 4 is 0 Å². The van der Waals surface area contributed by atoms with Gasteiger partial charge < -0.3 is 0 Å². The Morgan fingerprint density at radius 1 is 1.60 bits per heavy atom. The van der Waals surface area contributed by atoms with E-state index in [1.54, 1.807) is 0 Å². The molecule has 1 saturated heterocycles. The molecular weight excluding hydrogens is 124 g/mol. The lowest BCUT2D eigenvalue weighted by Gasteiger charge is -2.30. The van der Waals surface area contributed by atoms with Crippen molar-refractivity contribution in [3.05, 3.63) is 7.05 Å². The smallest absolute Gasteiger partial charge is 0.0638 e. The number of nitrogens with zero attached hydrogens (tertiary/aromatic N) is 2. The first-order valence-electron chi connectivity index (χ1n) is 3.78. The van der Waals surface area contributed by atoms with Crippen LogP contribution >= 0.6 is 0 Å². The van der Waals surface area contributed by atoms with Gasteiger partial charge in [0.2, 0.25) is 0 Å². The topological polar surface area (TPSA) is 27.0 Å². The summed E-state index contributed by atoms with van der Waals surface area (Å²) in [4.78, 5) is 2.05. The summed E-state index contributed by atoms with van der Waals surface area (Å²) < 4.78 is 0. The van der Waals surface area contributed by atoms with E-state index in [4.69, 9.17) is 5.26 Å². The van der Waals surface area contributed by atoms with Crippen molar-refractivity contribution < 1.29 is 0 Å². The van der Waals surface area contributed by atoms with E-state index in [0.29, 0.717) is 12.5 Å². The van der Waals surface area contributed by atoms with Gasteiger partial charge in [-0.25, -0.2) is 0 Å². The zero-order valence-corrected chi connectivity index (χ0v) is 6.21. The highest BCUT2D eigenvalue weighted by atomic mass is 15.1. The Balaban J connectivity index is 2.34. The first-order valence-corrected chi connectivity index (χ1v) is 3.78. The third kappa shape index (κ3) is 1.71. The van der Waals surface area contributed by atoms with Gasteiger partial charge >= 0.3 is 0 Å². The molecule has 0 aromatic heterocycles. The van der Waals surface area contributed by atoms with E-state index in [0.717, 1.165) is 13.0 Å². The molecule has 0 amide bonds. The van der Waals surface area contributed by atoms with Gasteiger partial charge in [0.05, 0.1) is 12.5 Å². The van der Waals surface area contributed by atoms with E-state index in [1.807, 2.05) is 4.90 Å². The summed E-state index contributed by atoms with van der Waals surface area (Å²) >= 11 is 0. The third-order valence-electron chi connectivity index (χ3n) is 2.08. The van der Waals surface area contributed by atoms with Crippen LogP contribution in [0.3, 0.4) is 0 Å². The molecule has 1 fully saturated rings. The van der Waals surface area contributed by atoms with Crippen molar-refractivity contribution in [1.82, 2.24) is 4.90 Å². The van der Waals surface area contributed by atoms with E-state index in [9.17, 15) is 0 Å². The standard InChI is InChI=1S/C8H13N2/c1-10-7-3-2-4-8(10)5-6-9/h8H,1-5,7H2. The van der Waals surface area contributed by atoms with Crippen LogP contribution < -0.4 is 0 Å². The number of hydrogen-bond acceptors (Lipinski definition) is 2. The van der Waals surface area contributed by atoms with Crippen LogP contribution in [0.5, 0.6) is 0 Å². The van der Waals surface area contributed by atoms with Crippen LogP contribution in [0.15, 0.2) is 0 Å². The molecule has 0 aromatic carbocycles. The van der Waals surface area contributed by atoms with Gasteiger partial charge in [-0.2, -0.15) is 5.26 Å². The molecule has 1 heterocycles. The minimum atomic E-state index is 0.429. The minimum absolute atomic E-state index is 0.429. The third-order valence-corrected chi connectivity index (χ3v) is 2.08. The minimum Gasteiger partial charge on any atom is -0.298 e. The van der Waals surface area contributed by atoms with Crippen molar-refractivity contribution in [2.45, 2.75) is 31.7 Å².